The van der Waals surface area contributed by atoms with E-state index in [4.69, 9.17) is 11.6 Å². The van der Waals surface area contributed by atoms with Crippen molar-refractivity contribution in [2.24, 2.45) is 0 Å². The normalized spacial score (nSPS) is 15.9. The maximum absolute atomic E-state index is 12.7. The molecule has 2 aromatic rings. The molecule has 0 N–H and O–H groups in total. The lowest BCUT2D eigenvalue weighted by Crippen LogP contribution is -2.51. The molecule has 1 aromatic heterocycles. The van der Waals surface area contributed by atoms with E-state index in [-0.39, 0.29) is 17.9 Å². The second-order valence-corrected chi connectivity index (χ2v) is 7.45. The number of piperazine rings is 1. The zero-order chi connectivity index (χ0) is 20.1. The van der Waals surface area contributed by atoms with Crippen molar-refractivity contribution in [3.05, 3.63) is 64.9 Å². The van der Waals surface area contributed by atoms with Gasteiger partial charge in [0.25, 0.3) is 5.91 Å². The number of halogens is 1. The summed E-state index contributed by atoms with van der Waals surface area (Å²) in [6, 6.07) is 12.9. The van der Waals surface area contributed by atoms with E-state index in [9.17, 15) is 9.59 Å². The molecule has 1 aliphatic heterocycles. The number of pyridine rings is 1. The number of likely N-dealkylation sites (N-methyl/N-ethyl adjacent to an activating group) is 1. The van der Waals surface area contributed by atoms with Crippen LogP contribution in [0.25, 0.3) is 0 Å². The average Bonchev–Trinajstić information content (AvgIpc) is 2.74. The topological polar surface area (TPSA) is 56.8 Å². The van der Waals surface area contributed by atoms with Gasteiger partial charge in [0.05, 0.1) is 12.6 Å². The van der Waals surface area contributed by atoms with Crippen LogP contribution in [0.1, 0.15) is 29.0 Å². The third-order valence-electron chi connectivity index (χ3n) is 5.23. The molecule has 2 amide bonds. The molecule has 2 heterocycles. The van der Waals surface area contributed by atoms with E-state index in [1.165, 1.54) is 0 Å². The van der Waals surface area contributed by atoms with E-state index in [0.29, 0.717) is 43.4 Å². The summed E-state index contributed by atoms with van der Waals surface area (Å²) in [5.41, 5.74) is 1.51. The summed E-state index contributed by atoms with van der Waals surface area (Å²) < 4.78 is 0. The quantitative estimate of drug-likeness (QED) is 0.774. The Kier molecular flexibility index (Phi) is 6.65. The van der Waals surface area contributed by atoms with Crippen molar-refractivity contribution >= 4 is 23.4 Å². The lowest BCUT2D eigenvalue weighted by atomic mass is 10.1. The number of aromatic nitrogens is 1. The largest absolute Gasteiger partial charge is 0.338 e. The molecule has 7 heteroatoms. The van der Waals surface area contributed by atoms with Crippen molar-refractivity contribution in [3.63, 3.8) is 0 Å². The number of carbonyl (C=O) groups is 2. The van der Waals surface area contributed by atoms with Gasteiger partial charge in [-0.05, 0) is 36.8 Å². The Hall–Kier alpha value is -2.44. The fraction of sp³-hybridized carbons (Fsp3) is 0.381. The van der Waals surface area contributed by atoms with Crippen molar-refractivity contribution < 1.29 is 9.59 Å². The summed E-state index contributed by atoms with van der Waals surface area (Å²) in [7, 11) is 1.82. The van der Waals surface area contributed by atoms with Gasteiger partial charge in [0.1, 0.15) is 5.69 Å². The first-order valence-corrected chi connectivity index (χ1v) is 9.77. The van der Waals surface area contributed by atoms with Gasteiger partial charge in [-0.25, -0.2) is 0 Å². The molecule has 1 aromatic carbocycles. The lowest BCUT2D eigenvalue weighted by molar-refractivity contribution is -0.133. The van der Waals surface area contributed by atoms with E-state index < -0.39 is 0 Å². The fourth-order valence-electron chi connectivity index (χ4n) is 3.24. The van der Waals surface area contributed by atoms with Crippen LogP contribution < -0.4 is 0 Å². The van der Waals surface area contributed by atoms with E-state index in [0.717, 1.165) is 5.56 Å². The summed E-state index contributed by atoms with van der Waals surface area (Å²) in [4.78, 5) is 34.9. The second-order valence-electron chi connectivity index (χ2n) is 7.02. The first kappa shape index (κ1) is 20.3. The maximum Gasteiger partial charge on any atom is 0.272 e. The molecule has 1 saturated heterocycles. The van der Waals surface area contributed by atoms with Crippen LogP contribution >= 0.6 is 11.6 Å². The van der Waals surface area contributed by atoms with Crippen molar-refractivity contribution in [2.45, 2.75) is 13.0 Å². The Bertz CT molecular complexity index is 805. The molecule has 1 aliphatic rings. The Morgan fingerprint density at radius 3 is 2.39 bits per heavy atom. The monoisotopic (exact) mass is 400 g/mol. The second kappa shape index (κ2) is 9.17. The number of benzene rings is 1. The highest BCUT2D eigenvalue weighted by molar-refractivity contribution is 6.30. The van der Waals surface area contributed by atoms with Crippen molar-refractivity contribution in [1.82, 2.24) is 19.7 Å². The van der Waals surface area contributed by atoms with Gasteiger partial charge in [0, 0.05) is 44.4 Å². The maximum atomic E-state index is 12.7. The standard InChI is InChI=1S/C21H25ClN4O2/c1-16(17-6-8-18(22)9-7-17)24(2)20(27)15-25-11-13-26(14-12-25)21(28)19-5-3-4-10-23-19/h3-10,16H,11-15H2,1-2H3. The van der Waals surface area contributed by atoms with Gasteiger partial charge in [0.2, 0.25) is 5.91 Å². The summed E-state index contributed by atoms with van der Waals surface area (Å²) in [6.07, 6.45) is 1.62. The van der Waals surface area contributed by atoms with Crippen LogP contribution in [0.3, 0.4) is 0 Å². The number of hydrogen-bond donors (Lipinski definition) is 0. The Labute approximate surface area is 170 Å². The first-order chi connectivity index (χ1) is 13.5. The van der Waals surface area contributed by atoms with Crippen LogP contribution in [0, 0.1) is 0 Å². The fourth-order valence-corrected chi connectivity index (χ4v) is 3.37. The highest BCUT2D eigenvalue weighted by Gasteiger charge is 2.25. The third-order valence-corrected chi connectivity index (χ3v) is 5.48. The minimum atomic E-state index is -0.0555. The Morgan fingerprint density at radius 2 is 1.79 bits per heavy atom. The van der Waals surface area contributed by atoms with Gasteiger partial charge in [0.15, 0.2) is 0 Å². The van der Waals surface area contributed by atoms with E-state index >= 15 is 0 Å². The molecule has 1 atom stereocenters. The van der Waals surface area contributed by atoms with E-state index in [1.54, 1.807) is 28.1 Å². The van der Waals surface area contributed by atoms with E-state index in [1.807, 2.05) is 44.3 Å². The molecule has 148 valence electrons. The number of nitrogens with zero attached hydrogens (tertiary/aromatic N) is 4. The predicted octanol–water partition coefficient (Wildman–Crippen LogP) is 2.71. The van der Waals surface area contributed by atoms with Gasteiger partial charge in [-0.1, -0.05) is 29.8 Å². The molecule has 1 unspecified atom stereocenters. The Balaban J connectivity index is 1.50. The summed E-state index contributed by atoms with van der Waals surface area (Å²) >= 11 is 5.94. The first-order valence-electron chi connectivity index (χ1n) is 9.39. The summed E-state index contributed by atoms with van der Waals surface area (Å²) in [5.74, 6) is 0.00649. The molecule has 3 rings (SSSR count). The summed E-state index contributed by atoms with van der Waals surface area (Å²) in [6.45, 7) is 4.89. The average molecular weight is 401 g/mol. The van der Waals surface area contributed by atoms with Crippen LogP contribution in [-0.2, 0) is 4.79 Å². The molecule has 28 heavy (non-hydrogen) atoms. The van der Waals surface area contributed by atoms with Crippen molar-refractivity contribution in [2.75, 3.05) is 39.8 Å². The van der Waals surface area contributed by atoms with Gasteiger partial charge in [-0.15, -0.1) is 0 Å². The van der Waals surface area contributed by atoms with Crippen LogP contribution in [0.15, 0.2) is 48.7 Å². The van der Waals surface area contributed by atoms with Crippen molar-refractivity contribution in [3.8, 4) is 0 Å². The van der Waals surface area contributed by atoms with Crippen LogP contribution in [0.4, 0.5) is 0 Å². The molecule has 6 nitrogen and oxygen atoms in total. The smallest absolute Gasteiger partial charge is 0.272 e. The molecule has 0 spiro atoms. The molecule has 1 fully saturated rings. The zero-order valence-corrected chi connectivity index (χ0v) is 17.0. The van der Waals surface area contributed by atoms with Gasteiger partial charge in [-0.3, -0.25) is 19.5 Å². The highest BCUT2D eigenvalue weighted by Crippen LogP contribution is 2.21. The number of rotatable bonds is 5. The number of carbonyl (C=O) groups excluding carboxylic acids is 2. The number of hydrogen-bond acceptors (Lipinski definition) is 4. The Morgan fingerprint density at radius 1 is 1.11 bits per heavy atom. The predicted molar refractivity (Wildman–Crippen MR) is 109 cm³/mol. The minimum absolute atomic E-state index is 0.0308. The van der Waals surface area contributed by atoms with Crippen LogP contribution in [0.2, 0.25) is 5.02 Å². The summed E-state index contributed by atoms with van der Waals surface area (Å²) in [5, 5.41) is 0.683. The zero-order valence-electron chi connectivity index (χ0n) is 16.2. The molecule has 0 bridgehead atoms. The highest BCUT2D eigenvalue weighted by atomic mass is 35.5. The molecular weight excluding hydrogens is 376 g/mol. The van der Waals surface area contributed by atoms with Crippen molar-refractivity contribution in [1.29, 1.82) is 0 Å². The van der Waals surface area contributed by atoms with E-state index in [2.05, 4.69) is 9.88 Å². The molecule has 0 saturated carbocycles. The molecular formula is C21H25ClN4O2. The van der Waals surface area contributed by atoms with Gasteiger partial charge in [-0.2, -0.15) is 0 Å². The van der Waals surface area contributed by atoms with Gasteiger partial charge >= 0.3 is 0 Å². The van der Waals surface area contributed by atoms with Crippen LogP contribution in [0.5, 0.6) is 0 Å². The molecule has 0 radical (unpaired) electrons. The van der Waals surface area contributed by atoms with Crippen LogP contribution in [-0.4, -0.2) is 71.3 Å². The SMILES string of the molecule is CC(c1ccc(Cl)cc1)N(C)C(=O)CN1CCN(C(=O)c2ccccn2)CC1. The molecule has 0 aliphatic carbocycles. The van der Waals surface area contributed by atoms with Gasteiger partial charge < -0.3 is 9.80 Å². The number of amides is 2. The lowest BCUT2D eigenvalue weighted by Gasteiger charge is -2.35. The third kappa shape index (κ3) is 4.88. The minimum Gasteiger partial charge on any atom is -0.338 e.